The van der Waals surface area contributed by atoms with E-state index in [9.17, 15) is 5.11 Å². The minimum Gasteiger partial charge on any atom is -0.388 e. The Balaban J connectivity index is 1.90. The zero-order valence-electron chi connectivity index (χ0n) is 12.4. The molecule has 0 heterocycles. The quantitative estimate of drug-likeness (QED) is 0.841. The molecule has 0 unspecified atom stereocenters. The number of hydrogen-bond acceptors (Lipinski definition) is 3. The summed E-state index contributed by atoms with van der Waals surface area (Å²) in [6, 6.07) is 20.5. The van der Waals surface area contributed by atoms with E-state index in [0.717, 1.165) is 30.6 Å². The fourth-order valence-corrected chi connectivity index (χ4v) is 2.96. The Hall–Kier alpha value is -1.84. The SMILES string of the molecule is C[C@@]1(O)CCC[C@@H]1NN(c1ccccc1)c1ccccc1. The van der Waals surface area contributed by atoms with Crippen LogP contribution in [0.25, 0.3) is 0 Å². The van der Waals surface area contributed by atoms with E-state index < -0.39 is 5.60 Å². The van der Waals surface area contributed by atoms with Crippen molar-refractivity contribution in [2.45, 2.75) is 37.8 Å². The first-order valence-electron chi connectivity index (χ1n) is 7.55. The van der Waals surface area contributed by atoms with Gasteiger partial charge < -0.3 is 5.11 Å². The van der Waals surface area contributed by atoms with Crippen LogP contribution in [0.2, 0.25) is 0 Å². The standard InChI is InChI=1S/C18H22N2O/c1-18(21)14-8-13-17(18)19-20(15-9-4-2-5-10-15)16-11-6-3-7-12-16/h2-7,9-12,17,19,21H,8,13-14H2,1H3/t17-,18+/m0/s1. The fourth-order valence-electron chi connectivity index (χ4n) is 2.96. The Kier molecular flexibility index (Phi) is 3.95. The molecule has 0 radical (unpaired) electrons. The number of hydrogen-bond donors (Lipinski definition) is 2. The van der Waals surface area contributed by atoms with Crippen LogP contribution in [0.5, 0.6) is 0 Å². The van der Waals surface area contributed by atoms with Gasteiger partial charge in [0, 0.05) is 0 Å². The minimum atomic E-state index is -0.651. The number of nitrogens with zero attached hydrogens (tertiary/aromatic N) is 1. The second-order valence-corrected chi connectivity index (χ2v) is 5.94. The maximum absolute atomic E-state index is 10.5. The molecule has 0 spiro atoms. The Morgan fingerprint density at radius 2 is 1.52 bits per heavy atom. The van der Waals surface area contributed by atoms with Gasteiger partial charge in [-0.15, -0.1) is 0 Å². The highest BCUT2D eigenvalue weighted by molar-refractivity contribution is 5.61. The van der Waals surface area contributed by atoms with Gasteiger partial charge in [0.1, 0.15) is 0 Å². The zero-order valence-corrected chi connectivity index (χ0v) is 12.4. The van der Waals surface area contributed by atoms with Gasteiger partial charge in [0.15, 0.2) is 0 Å². The minimum absolute atomic E-state index is 0.0675. The molecule has 1 fully saturated rings. The summed E-state index contributed by atoms with van der Waals surface area (Å²) < 4.78 is 0. The summed E-state index contributed by atoms with van der Waals surface area (Å²) in [5.74, 6) is 0. The van der Waals surface area contributed by atoms with Gasteiger partial charge in [-0.25, -0.2) is 5.43 Å². The van der Waals surface area contributed by atoms with E-state index >= 15 is 0 Å². The summed E-state index contributed by atoms with van der Waals surface area (Å²) in [4.78, 5) is 0. The Labute approximate surface area is 126 Å². The molecule has 1 aliphatic carbocycles. The first-order chi connectivity index (χ1) is 10.2. The van der Waals surface area contributed by atoms with Gasteiger partial charge in [0.2, 0.25) is 0 Å². The highest BCUT2D eigenvalue weighted by Gasteiger charge is 2.37. The van der Waals surface area contributed by atoms with Gasteiger partial charge in [-0.2, -0.15) is 0 Å². The van der Waals surface area contributed by atoms with Crippen molar-refractivity contribution in [3.05, 3.63) is 60.7 Å². The highest BCUT2D eigenvalue weighted by atomic mass is 16.3. The third kappa shape index (κ3) is 3.09. The third-order valence-electron chi connectivity index (χ3n) is 4.24. The van der Waals surface area contributed by atoms with Crippen LogP contribution in [0, 0.1) is 0 Å². The number of rotatable bonds is 4. The summed E-state index contributed by atoms with van der Waals surface area (Å²) in [5.41, 5.74) is 5.02. The van der Waals surface area contributed by atoms with Crippen molar-refractivity contribution < 1.29 is 5.11 Å². The number of aliphatic hydroxyl groups is 1. The lowest BCUT2D eigenvalue weighted by Gasteiger charge is -2.34. The molecule has 0 aliphatic heterocycles. The summed E-state index contributed by atoms with van der Waals surface area (Å²) in [6.07, 6.45) is 2.90. The third-order valence-corrected chi connectivity index (χ3v) is 4.24. The monoisotopic (exact) mass is 282 g/mol. The Morgan fingerprint density at radius 1 is 1.00 bits per heavy atom. The molecule has 0 aromatic heterocycles. The molecule has 1 aliphatic rings. The maximum atomic E-state index is 10.5. The van der Waals surface area contributed by atoms with E-state index in [1.54, 1.807) is 0 Å². The first-order valence-corrected chi connectivity index (χ1v) is 7.55. The molecule has 2 aromatic carbocycles. The van der Waals surface area contributed by atoms with Crippen LogP contribution in [0.4, 0.5) is 11.4 Å². The molecule has 2 atom stereocenters. The largest absolute Gasteiger partial charge is 0.388 e. The predicted molar refractivity (Wildman–Crippen MR) is 86.4 cm³/mol. The average Bonchev–Trinajstić information content (AvgIpc) is 2.85. The predicted octanol–water partition coefficient (Wildman–Crippen LogP) is 3.63. The van der Waals surface area contributed by atoms with Crippen molar-refractivity contribution in [1.29, 1.82) is 0 Å². The topological polar surface area (TPSA) is 35.5 Å². The molecular weight excluding hydrogens is 260 g/mol. The van der Waals surface area contributed by atoms with E-state index in [1.165, 1.54) is 0 Å². The molecule has 3 rings (SSSR count). The summed E-state index contributed by atoms with van der Waals surface area (Å²) in [5, 5.41) is 12.6. The summed E-state index contributed by atoms with van der Waals surface area (Å²) in [7, 11) is 0. The Morgan fingerprint density at radius 3 is 1.95 bits per heavy atom. The average molecular weight is 282 g/mol. The first kappa shape index (κ1) is 14.1. The lowest BCUT2D eigenvalue weighted by molar-refractivity contribution is 0.0394. The second kappa shape index (κ2) is 5.88. The molecule has 3 nitrogen and oxygen atoms in total. The smallest absolute Gasteiger partial charge is 0.0790 e. The van der Waals surface area contributed by atoms with Crippen LogP contribution >= 0.6 is 0 Å². The molecule has 110 valence electrons. The van der Waals surface area contributed by atoms with E-state index in [-0.39, 0.29) is 6.04 Å². The van der Waals surface area contributed by atoms with Gasteiger partial charge >= 0.3 is 0 Å². The highest BCUT2D eigenvalue weighted by Crippen LogP contribution is 2.32. The van der Waals surface area contributed by atoms with Crippen LogP contribution < -0.4 is 10.4 Å². The number of benzene rings is 2. The van der Waals surface area contributed by atoms with Crippen LogP contribution in [0.15, 0.2) is 60.7 Å². The maximum Gasteiger partial charge on any atom is 0.0790 e. The summed E-state index contributed by atoms with van der Waals surface area (Å²) in [6.45, 7) is 1.92. The molecule has 2 N–H and O–H groups in total. The van der Waals surface area contributed by atoms with E-state index in [0.29, 0.717) is 0 Å². The molecule has 0 saturated heterocycles. The lowest BCUT2D eigenvalue weighted by Crippen LogP contribution is -2.51. The van der Waals surface area contributed by atoms with Crippen LogP contribution in [0.3, 0.4) is 0 Å². The number of nitrogens with one attached hydrogen (secondary N) is 1. The normalized spacial score (nSPS) is 25.0. The zero-order chi connectivity index (χ0) is 14.7. The van der Waals surface area contributed by atoms with Crippen LogP contribution in [0.1, 0.15) is 26.2 Å². The molecule has 3 heteroatoms. The van der Waals surface area contributed by atoms with E-state index in [2.05, 4.69) is 34.7 Å². The fraction of sp³-hybridized carbons (Fsp3) is 0.333. The summed E-state index contributed by atoms with van der Waals surface area (Å²) >= 11 is 0. The molecule has 1 saturated carbocycles. The molecule has 0 amide bonds. The number of anilines is 2. The van der Waals surface area contributed by atoms with Gasteiger partial charge in [-0.1, -0.05) is 36.4 Å². The Bertz CT molecular complexity index is 529. The number of hydrazine groups is 1. The molecular formula is C18H22N2O. The van der Waals surface area contributed by atoms with Crippen molar-refractivity contribution >= 4 is 11.4 Å². The second-order valence-electron chi connectivity index (χ2n) is 5.94. The van der Waals surface area contributed by atoms with Crippen molar-refractivity contribution in [3.63, 3.8) is 0 Å². The van der Waals surface area contributed by atoms with Crippen LogP contribution in [-0.2, 0) is 0 Å². The van der Waals surface area contributed by atoms with Crippen molar-refractivity contribution in [2.24, 2.45) is 0 Å². The van der Waals surface area contributed by atoms with Gasteiger partial charge in [-0.05, 0) is 50.5 Å². The molecule has 0 bridgehead atoms. The van der Waals surface area contributed by atoms with Crippen LogP contribution in [-0.4, -0.2) is 16.7 Å². The van der Waals surface area contributed by atoms with E-state index in [4.69, 9.17) is 0 Å². The van der Waals surface area contributed by atoms with Gasteiger partial charge in [0.05, 0.1) is 23.0 Å². The molecule has 21 heavy (non-hydrogen) atoms. The molecule has 2 aromatic rings. The van der Waals surface area contributed by atoms with Gasteiger partial charge in [0.25, 0.3) is 0 Å². The van der Waals surface area contributed by atoms with Gasteiger partial charge in [-0.3, -0.25) is 5.01 Å². The number of para-hydroxylation sites is 2. The van der Waals surface area contributed by atoms with Crippen molar-refractivity contribution in [1.82, 2.24) is 5.43 Å². The van der Waals surface area contributed by atoms with Crippen molar-refractivity contribution in [3.8, 4) is 0 Å². The van der Waals surface area contributed by atoms with E-state index in [1.807, 2.05) is 43.3 Å². The lowest BCUT2D eigenvalue weighted by atomic mass is 10.0. The van der Waals surface area contributed by atoms with Crippen molar-refractivity contribution in [2.75, 3.05) is 5.01 Å².